The molecule has 2 amide bonds. The zero-order valence-electron chi connectivity index (χ0n) is 14.5. The van der Waals surface area contributed by atoms with Gasteiger partial charge in [-0.3, -0.25) is 20.4 Å². The molecule has 0 saturated carbocycles. The number of rotatable bonds is 6. The number of hydrazine groups is 1. The van der Waals surface area contributed by atoms with Gasteiger partial charge in [0.15, 0.2) is 0 Å². The van der Waals surface area contributed by atoms with Crippen LogP contribution >= 0.6 is 0 Å². The van der Waals surface area contributed by atoms with Gasteiger partial charge in [-0.2, -0.15) is 0 Å². The summed E-state index contributed by atoms with van der Waals surface area (Å²) < 4.78 is 5.55. The number of amides is 2. The predicted octanol–water partition coefficient (Wildman–Crippen LogP) is 2.96. The maximum atomic E-state index is 12.3. The van der Waals surface area contributed by atoms with E-state index in [1.807, 2.05) is 55.5 Å². The SMILES string of the molecule is CCOc1ccccc1CCC(=O)NNC(=O)c1c[nH]c2ccccc12. The van der Waals surface area contributed by atoms with E-state index in [1.54, 1.807) is 6.20 Å². The van der Waals surface area contributed by atoms with E-state index in [2.05, 4.69) is 15.8 Å². The molecule has 0 radical (unpaired) electrons. The second-order valence-electron chi connectivity index (χ2n) is 5.79. The highest BCUT2D eigenvalue weighted by Gasteiger charge is 2.13. The number of nitrogens with one attached hydrogen (secondary N) is 3. The molecule has 26 heavy (non-hydrogen) atoms. The van der Waals surface area contributed by atoms with Crippen LogP contribution in [0.2, 0.25) is 0 Å². The Hall–Kier alpha value is -3.28. The van der Waals surface area contributed by atoms with Gasteiger partial charge >= 0.3 is 0 Å². The summed E-state index contributed by atoms with van der Waals surface area (Å²) in [5.74, 6) is 0.167. The van der Waals surface area contributed by atoms with Crippen molar-refractivity contribution in [2.45, 2.75) is 19.8 Å². The fourth-order valence-corrected chi connectivity index (χ4v) is 2.77. The van der Waals surface area contributed by atoms with Gasteiger partial charge in [0, 0.05) is 23.5 Å². The highest BCUT2D eigenvalue weighted by molar-refractivity contribution is 6.07. The lowest BCUT2D eigenvalue weighted by Gasteiger charge is -2.10. The van der Waals surface area contributed by atoms with Crippen LogP contribution in [0, 0.1) is 0 Å². The number of hydrogen-bond acceptors (Lipinski definition) is 3. The van der Waals surface area contributed by atoms with E-state index in [0.717, 1.165) is 22.2 Å². The number of carbonyl (C=O) groups is 2. The topological polar surface area (TPSA) is 83.2 Å². The molecule has 2 aromatic carbocycles. The number of hydrogen-bond donors (Lipinski definition) is 3. The van der Waals surface area contributed by atoms with Gasteiger partial charge < -0.3 is 9.72 Å². The summed E-state index contributed by atoms with van der Waals surface area (Å²) in [5.41, 5.74) is 7.25. The Bertz CT molecular complexity index is 917. The maximum Gasteiger partial charge on any atom is 0.271 e. The Morgan fingerprint density at radius 3 is 2.65 bits per heavy atom. The standard InChI is InChI=1S/C20H21N3O3/c1-2-26-18-10-6-3-7-14(18)11-12-19(24)22-23-20(25)16-13-21-17-9-5-4-8-15(16)17/h3-10,13,21H,2,11-12H2,1H3,(H,22,24)(H,23,25). The third kappa shape index (κ3) is 4.03. The van der Waals surface area contributed by atoms with Crippen LogP contribution in [0.5, 0.6) is 5.75 Å². The van der Waals surface area contributed by atoms with Crippen molar-refractivity contribution in [1.29, 1.82) is 0 Å². The van der Waals surface area contributed by atoms with Crippen molar-refractivity contribution in [2.75, 3.05) is 6.61 Å². The van der Waals surface area contributed by atoms with Crippen molar-refractivity contribution in [2.24, 2.45) is 0 Å². The summed E-state index contributed by atoms with van der Waals surface area (Å²) in [6, 6.07) is 15.1. The Balaban J connectivity index is 1.54. The molecule has 0 unspecified atom stereocenters. The highest BCUT2D eigenvalue weighted by Crippen LogP contribution is 2.19. The number of carbonyl (C=O) groups excluding carboxylic acids is 2. The molecule has 0 aliphatic carbocycles. The first-order valence-corrected chi connectivity index (χ1v) is 8.55. The lowest BCUT2D eigenvalue weighted by molar-refractivity contribution is -0.121. The van der Waals surface area contributed by atoms with E-state index in [0.29, 0.717) is 18.6 Å². The molecule has 0 spiro atoms. The van der Waals surface area contributed by atoms with Crippen LogP contribution in [-0.2, 0) is 11.2 Å². The van der Waals surface area contributed by atoms with E-state index in [-0.39, 0.29) is 18.2 Å². The third-order valence-corrected chi connectivity index (χ3v) is 4.04. The minimum absolute atomic E-state index is 0.248. The minimum Gasteiger partial charge on any atom is -0.494 e. The lowest BCUT2D eigenvalue weighted by atomic mass is 10.1. The normalized spacial score (nSPS) is 10.5. The summed E-state index contributed by atoms with van der Waals surface area (Å²) in [7, 11) is 0. The van der Waals surface area contributed by atoms with Crippen LogP contribution in [0.15, 0.2) is 54.7 Å². The summed E-state index contributed by atoms with van der Waals surface area (Å²) >= 11 is 0. The van der Waals surface area contributed by atoms with E-state index < -0.39 is 0 Å². The van der Waals surface area contributed by atoms with Crippen molar-refractivity contribution in [3.8, 4) is 5.75 Å². The van der Waals surface area contributed by atoms with E-state index in [9.17, 15) is 9.59 Å². The first-order valence-electron chi connectivity index (χ1n) is 8.55. The smallest absolute Gasteiger partial charge is 0.271 e. The average molecular weight is 351 g/mol. The molecule has 6 heteroatoms. The predicted molar refractivity (Wildman–Crippen MR) is 99.8 cm³/mol. The van der Waals surface area contributed by atoms with Crippen LogP contribution < -0.4 is 15.6 Å². The molecule has 0 fully saturated rings. The molecular formula is C20H21N3O3. The Labute approximate surface area is 151 Å². The fraction of sp³-hybridized carbons (Fsp3) is 0.200. The van der Waals surface area contributed by atoms with Gasteiger partial charge in [0.2, 0.25) is 5.91 Å². The van der Waals surface area contributed by atoms with Crippen molar-refractivity contribution in [3.05, 3.63) is 65.9 Å². The molecule has 1 heterocycles. The number of ether oxygens (including phenoxy) is 1. The summed E-state index contributed by atoms with van der Waals surface area (Å²) in [6.07, 6.45) is 2.41. The first-order chi connectivity index (χ1) is 12.7. The van der Waals surface area contributed by atoms with Gasteiger partial charge in [0.1, 0.15) is 5.75 Å². The maximum absolute atomic E-state index is 12.3. The molecule has 3 rings (SSSR count). The molecule has 3 N–H and O–H groups in total. The molecule has 0 aliphatic heterocycles. The monoisotopic (exact) mass is 351 g/mol. The van der Waals surface area contributed by atoms with Crippen LogP contribution in [0.3, 0.4) is 0 Å². The minimum atomic E-state index is -0.356. The molecule has 0 saturated heterocycles. The quantitative estimate of drug-likeness (QED) is 0.597. The molecule has 0 aliphatic rings. The van der Waals surface area contributed by atoms with Crippen LogP contribution in [0.25, 0.3) is 10.9 Å². The Morgan fingerprint density at radius 1 is 1.04 bits per heavy atom. The molecule has 134 valence electrons. The van der Waals surface area contributed by atoms with Crippen LogP contribution in [-0.4, -0.2) is 23.4 Å². The number of benzene rings is 2. The molecule has 3 aromatic rings. The number of aryl methyl sites for hydroxylation is 1. The number of para-hydroxylation sites is 2. The van der Waals surface area contributed by atoms with Gasteiger partial charge in [0.25, 0.3) is 5.91 Å². The number of H-pyrrole nitrogens is 1. The number of aromatic nitrogens is 1. The summed E-state index contributed by atoms with van der Waals surface area (Å²) in [4.78, 5) is 27.4. The number of aromatic amines is 1. The van der Waals surface area contributed by atoms with E-state index in [1.165, 1.54) is 0 Å². The van der Waals surface area contributed by atoms with Gasteiger partial charge in [-0.05, 0) is 31.0 Å². The van der Waals surface area contributed by atoms with Crippen molar-refractivity contribution in [1.82, 2.24) is 15.8 Å². The Kier molecular flexibility index (Phi) is 5.53. The second-order valence-corrected chi connectivity index (χ2v) is 5.79. The lowest BCUT2D eigenvalue weighted by Crippen LogP contribution is -2.41. The highest BCUT2D eigenvalue weighted by atomic mass is 16.5. The van der Waals surface area contributed by atoms with Crippen LogP contribution in [0.1, 0.15) is 29.3 Å². The second kappa shape index (κ2) is 8.20. The van der Waals surface area contributed by atoms with Crippen molar-refractivity contribution in [3.63, 3.8) is 0 Å². The first kappa shape index (κ1) is 17.5. The zero-order chi connectivity index (χ0) is 18.4. The van der Waals surface area contributed by atoms with Gasteiger partial charge in [0.05, 0.1) is 12.2 Å². The van der Waals surface area contributed by atoms with Crippen LogP contribution in [0.4, 0.5) is 0 Å². The largest absolute Gasteiger partial charge is 0.494 e. The fourth-order valence-electron chi connectivity index (χ4n) is 2.77. The van der Waals surface area contributed by atoms with Gasteiger partial charge in [-0.25, -0.2) is 0 Å². The molecule has 0 atom stereocenters. The van der Waals surface area contributed by atoms with Gasteiger partial charge in [-0.15, -0.1) is 0 Å². The molecular weight excluding hydrogens is 330 g/mol. The summed E-state index contributed by atoms with van der Waals surface area (Å²) in [5, 5.41) is 0.810. The average Bonchev–Trinajstić information content (AvgIpc) is 3.10. The zero-order valence-corrected chi connectivity index (χ0v) is 14.5. The Morgan fingerprint density at radius 2 is 1.81 bits per heavy atom. The summed E-state index contributed by atoms with van der Waals surface area (Å²) in [6.45, 7) is 2.49. The number of fused-ring (bicyclic) bond motifs is 1. The van der Waals surface area contributed by atoms with E-state index in [4.69, 9.17) is 4.74 Å². The van der Waals surface area contributed by atoms with Crippen molar-refractivity contribution < 1.29 is 14.3 Å². The molecule has 0 bridgehead atoms. The van der Waals surface area contributed by atoms with E-state index >= 15 is 0 Å². The van der Waals surface area contributed by atoms with Crippen molar-refractivity contribution >= 4 is 22.7 Å². The molecule has 1 aromatic heterocycles. The molecule has 6 nitrogen and oxygen atoms in total. The third-order valence-electron chi connectivity index (χ3n) is 4.04. The van der Waals surface area contributed by atoms with Gasteiger partial charge in [-0.1, -0.05) is 36.4 Å².